The minimum atomic E-state index is -0.441. The minimum absolute atomic E-state index is 0.0957. The number of halogens is 3. The predicted molar refractivity (Wildman–Crippen MR) is 87.7 cm³/mol. The van der Waals surface area contributed by atoms with Crippen LogP contribution in [0, 0.1) is 12.7 Å². The molecule has 1 atom stereocenters. The summed E-state index contributed by atoms with van der Waals surface area (Å²) in [7, 11) is 0. The van der Waals surface area contributed by atoms with Gasteiger partial charge in [0.05, 0.1) is 5.02 Å². The van der Waals surface area contributed by atoms with E-state index in [1.165, 1.54) is 23.3 Å². The summed E-state index contributed by atoms with van der Waals surface area (Å²) in [5.74, 6) is -0.441. The third-order valence-electron chi connectivity index (χ3n) is 3.62. The van der Waals surface area contributed by atoms with E-state index in [2.05, 4.69) is 24.4 Å². The Kier molecular flexibility index (Phi) is 5.63. The fourth-order valence-corrected chi connectivity index (χ4v) is 3.05. The Labute approximate surface area is 135 Å². The molecule has 2 aromatic carbocycles. The SMILES string of the molecule is Cc1ccccc1CCNC(C)c1c(Cl)ccc(F)c1Cl. The molecular weight excluding hydrogens is 308 g/mol. The van der Waals surface area contributed by atoms with Crippen LogP contribution in [0.1, 0.15) is 29.7 Å². The highest BCUT2D eigenvalue weighted by Gasteiger charge is 2.16. The van der Waals surface area contributed by atoms with Crippen LogP contribution in [0.2, 0.25) is 10.0 Å². The van der Waals surface area contributed by atoms with Crippen molar-refractivity contribution in [3.05, 3.63) is 69.0 Å². The summed E-state index contributed by atoms with van der Waals surface area (Å²) in [5.41, 5.74) is 3.19. The summed E-state index contributed by atoms with van der Waals surface area (Å²) in [6, 6.07) is 11.0. The van der Waals surface area contributed by atoms with Crippen molar-refractivity contribution < 1.29 is 4.39 Å². The Morgan fingerprint density at radius 2 is 1.86 bits per heavy atom. The lowest BCUT2D eigenvalue weighted by atomic mass is 10.0. The fourth-order valence-electron chi connectivity index (χ4n) is 2.36. The second-order valence-corrected chi connectivity index (χ2v) is 5.89. The van der Waals surface area contributed by atoms with Gasteiger partial charge in [-0.1, -0.05) is 47.5 Å². The first kappa shape index (κ1) is 16.3. The molecule has 0 aliphatic carbocycles. The molecule has 2 aromatic rings. The van der Waals surface area contributed by atoms with Crippen molar-refractivity contribution in [1.82, 2.24) is 5.32 Å². The average molecular weight is 326 g/mol. The van der Waals surface area contributed by atoms with Gasteiger partial charge in [0.1, 0.15) is 5.82 Å². The lowest BCUT2D eigenvalue weighted by Crippen LogP contribution is -2.22. The molecule has 0 aliphatic heterocycles. The van der Waals surface area contributed by atoms with Gasteiger partial charge in [-0.2, -0.15) is 0 Å². The zero-order chi connectivity index (χ0) is 15.4. The van der Waals surface area contributed by atoms with E-state index in [1.54, 1.807) is 0 Å². The Morgan fingerprint density at radius 1 is 1.14 bits per heavy atom. The Bertz CT molecular complexity index is 628. The summed E-state index contributed by atoms with van der Waals surface area (Å²) >= 11 is 12.1. The highest BCUT2D eigenvalue weighted by Crippen LogP contribution is 2.32. The normalized spacial score (nSPS) is 12.4. The zero-order valence-corrected chi connectivity index (χ0v) is 13.6. The van der Waals surface area contributed by atoms with E-state index >= 15 is 0 Å². The van der Waals surface area contributed by atoms with Crippen LogP contribution in [0.3, 0.4) is 0 Å². The first-order valence-corrected chi connectivity index (χ1v) is 7.67. The Morgan fingerprint density at radius 3 is 2.57 bits per heavy atom. The number of hydrogen-bond donors (Lipinski definition) is 1. The molecule has 4 heteroatoms. The van der Waals surface area contributed by atoms with Gasteiger partial charge in [0, 0.05) is 16.6 Å². The fraction of sp³-hybridized carbons (Fsp3) is 0.294. The molecule has 0 fully saturated rings. The maximum absolute atomic E-state index is 13.5. The van der Waals surface area contributed by atoms with Gasteiger partial charge in [-0.25, -0.2) is 4.39 Å². The topological polar surface area (TPSA) is 12.0 Å². The van der Waals surface area contributed by atoms with Gasteiger partial charge in [-0.3, -0.25) is 0 Å². The number of aryl methyl sites for hydroxylation is 1. The van der Waals surface area contributed by atoms with Crippen molar-refractivity contribution in [3.63, 3.8) is 0 Å². The molecule has 1 nitrogen and oxygen atoms in total. The van der Waals surface area contributed by atoms with Crippen LogP contribution < -0.4 is 5.32 Å². The van der Waals surface area contributed by atoms with E-state index in [4.69, 9.17) is 23.2 Å². The van der Waals surface area contributed by atoms with Crippen LogP contribution in [0.25, 0.3) is 0 Å². The molecule has 1 N–H and O–H groups in total. The van der Waals surface area contributed by atoms with Crippen molar-refractivity contribution in [2.45, 2.75) is 26.3 Å². The maximum atomic E-state index is 13.5. The van der Waals surface area contributed by atoms with Gasteiger partial charge >= 0.3 is 0 Å². The van der Waals surface area contributed by atoms with Crippen LogP contribution in [0.4, 0.5) is 4.39 Å². The van der Waals surface area contributed by atoms with Crippen molar-refractivity contribution in [2.24, 2.45) is 0 Å². The molecule has 0 saturated carbocycles. The molecule has 2 rings (SSSR count). The van der Waals surface area contributed by atoms with E-state index in [0.29, 0.717) is 10.6 Å². The minimum Gasteiger partial charge on any atom is -0.310 e. The molecule has 0 bridgehead atoms. The van der Waals surface area contributed by atoms with Crippen molar-refractivity contribution in [1.29, 1.82) is 0 Å². The predicted octanol–water partition coefficient (Wildman–Crippen LogP) is 5.33. The molecule has 21 heavy (non-hydrogen) atoms. The number of hydrogen-bond acceptors (Lipinski definition) is 1. The summed E-state index contributed by atoms with van der Waals surface area (Å²) in [5, 5.41) is 3.93. The quantitative estimate of drug-likeness (QED) is 0.732. The van der Waals surface area contributed by atoms with Crippen molar-refractivity contribution in [3.8, 4) is 0 Å². The van der Waals surface area contributed by atoms with E-state index in [1.807, 2.05) is 19.1 Å². The van der Waals surface area contributed by atoms with Crippen LogP contribution >= 0.6 is 23.2 Å². The van der Waals surface area contributed by atoms with Crippen LogP contribution in [-0.2, 0) is 6.42 Å². The second-order valence-electron chi connectivity index (χ2n) is 5.11. The lowest BCUT2D eigenvalue weighted by Gasteiger charge is -2.18. The largest absolute Gasteiger partial charge is 0.310 e. The molecule has 0 aliphatic rings. The molecule has 0 aromatic heterocycles. The summed E-state index contributed by atoms with van der Waals surface area (Å²) in [4.78, 5) is 0. The highest BCUT2D eigenvalue weighted by atomic mass is 35.5. The van der Waals surface area contributed by atoms with E-state index in [0.717, 1.165) is 13.0 Å². The maximum Gasteiger partial charge on any atom is 0.142 e. The van der Waals surface area contributed by atoms with Gasteiger partial charge in [0.15, 0.2) is 0 Å². The van der Waals surface area contributed by atoms with Gasteiger partial charge in [-0.05, 0) is 50.1 Å². The molecule has 1 unspecified atom stereocenters. The third kappa shape index (κ3) is 3.97. The van der Waals surface area contributed by atoms with Gasteiger partial charge in [-0.15, -0.1) is 0 Å². The molecule has 0 amide bonds. The van der Waals surface area contributed by atoms with Crippen LogP contribution in [-0.4, -0.2) is 6.54 Å². The number of rotatable bonds is 5. The molecule has 112 valence electrons. The average Bonchev–Trinajstić information content (AvgIpc) is 2.45. The molecule has 0 radical (unpaired) electrons. The first-order chi connectivity index (χ1) is 10.0. The monoisotopic (exact) mass is 325 g/mol. The van der Waals surface area contributed by atoms with Gasteiger partial charge < -0.3 is 5.32 Å². The van der Waals surface area contributed by atoms with Crippen molar-refractivity contribution >= 4 is 23.2 Å². The van der Waals surface area contributed by atoms with E-state index < -0.39 is 5.82 Å². The smallest absolute Gasteiger partial charge is 0.142 e. The second kappa shape index (κ2) is 7.26. The molecular formula is C17H18Cl2FN. The van der Waals surface area contributed by atoms with E-state index in [9.17, 15) is 4.39 Å². The van der Waals surface area contributed by atoms with Crippen molar-refractivity contribution in [2.75, 3.05) is 6.54 Å². The van der Waals surface area contributed by atoms with E-state index in [-0.39, 0.29) is 11.1 Å². The summed E-state index contributed by atoms with van der Waals surface area (Å²) < 4.78 is 13.5. The first-order valence-electron chi connectivity index (χ1n) is 6.92. The Balaban J connectivity index is 2.01. The number of nitrogens with one attached hydrogen (secondary N) is 1. The summed E-state index contributed by atoms with van der Waals surface area (Å²) in [6.07, 6.45) is 0.904. The Hall–Kier alpha value is -1.09. The lowest BCUT2D eigenvalue weighted by molar-refractivity contribution is 0.567. The zero-order valence-electron chi connectivity index (χ0n) is 12.1. The highest BCUT2D eigenvalue weighted by molar-refractivity contribution is 6.36. The van der Waals surface area contributed by atoms with Gasteiger partial charge in [0.25, 0.3) is 0 Å². The molecule has 0 spiro atoms. The van der Waals surface area contributed by atoms with Crippen LogP contribution in [0.15, 0.2) is 36.4 Å². The molecule has 0 heterocycles. The third-order valence-corrected chi connectivity index (χ3v) is 4.33. The number of benzene rings is 2. The molecule has 0 saturated heterocycles. The van der Waals surface area contributed by atoms with Crippen LogP contribution in [0.5, 0.6) is 0 Å². The standard InChI is InChI=1S/C17H18Cl2FN/c1-11-5-3-4-6-13(11)9-10-21-12(2)16-14(18)7-8-15(20)17(16)19/h3-8,12,21H,9-10H2,1-2H3. The van der Waals surface area contributed by atoms with Gasteiger partial charge in [0.2, 0.25) is 0 Å². The summed E-state index contributed by atoms with van der Waals surface area (Å²) in [6.45, 7) is 4.80.